The van der Waals surface area contributed by atoms with Gasteiger partial charge in [0.2, 0.25) is 0 Å². The molecule has 0 spiro atoms. The molecule has 1 unspecified atom stereocenters. The van der Waals surface area contributed by atoms with Crippen LogP contribution in [0.15, 0.2) is 30.3 Å². The fraction of sp³-hybridized carbons (Fsp3) is 0.529. The lowest BCUT2D eigenvalue weighted by Gasteiger charge is -2.38. The quantitative estimate of drug-likeness (QED) is 0.824. The minimum absolute atomic E-state index is 0.180. The van der Waals surface area contributed by atoms with Gasteiger partial charge in [0.25, 0.3) is 0 Å². The number of carbonyl (C=O) groups excluding carboxylic acids is 2. The van der Waals surface area contributed by atoms with Gasteiger partial charge in [-0.05, 0) is 12.1 Å². The normalized spacial score (nSPS) is 33.3. The third-order valence-electron chi connectivity index (χ3n) is 5.15. The van der Waals surface area contributed by atoms with Gasteiger partial charge in [-0.25, -0.2) is 4.79 Å². The molecule has 0 saturated carbocycles. The number of esters is 2. The highest BCUT2D eigenvalue weighted by atomic mass is 16.6. The predicted octanol–water partition coefficient (Wildman–Crippen LogP) is 0.451. The summed E-state index contributed by atoms with van der Waals surface area (Å²) in [6, 6.07) is 9.55. The van der Waals surface area contributed by atoms with Crippen LogP contribution in [0.25, 0.3) is 0 Å². The Labute approximate surface area is 130 Å². The highest BCUT2D eigenvalue weighted by molar-refractivity contribution is 5.89. The van der Waals surface area contributed by atoms with Gasteiger partial charge in [0, 0.05) is 19.3 Å². The SMILES string of the molecule is COC(=O)[C@H]1[C@@H](OC(=O)c2ccccc2)C[C@@H]2CC[C@H]1[NH+]2C. The van der Waals surface area contributed by atoms with E-state index in [9.17, 15) is 9.59 Å². The van der Waals surface area contributed by atoms with Crippen molar-refractivity contribution in [2.75, 3.05) is 14.2 Å². The zero-order valence-electron chi connectivity index (χ0n) is 13.0. The third-order valence-corrected chi connectivity index (χ3v) is 5.15. The van der Waals surface area contributed by atoms with Crippen molar-refractivity contribution in [2.24, 2.45) is 5.92 Å². The summed E-state index contributed by atoms with van der Waals surface area (Å²) in [5.74, 6) is -0.995. The number of carbonyl (C=O) groups is 2. The van der Waals surface area contributed by atoms with Crippen molar-refractivity contribution in [3.63, 3.8) is 0 Å². The summed E-state index contributed by atoms with van der Waals surface area (Å²) < 4.78 is 10.7. The van der Waals surface area contributed by atoms with E-state index < -0.39 is 0 Å². The summed E-state index contributed by atoms with van der Waals surface area (Å²) in [4.78, 5) is 25.9. The van der Waals surface area contributed by atoms with E-state index in [4.69, 9.17) is 9.47 Å². The van der Waals surface area contributed by atoms with E-state index in [0.717, 1.165) is 19.3 Å². The zero-order chi connectivity index (χ0) is 15.7. The van der Waals surface area contributed by atoms with Crippen LogP contribution in [0.5, 0.6) is 0 Å². The molecule has 2 fully saturated rings. The summed E-state index contributed by atoms with van der Waals surface area (Å²) in [6.45, 7) is 0. The van der Waals surface area contributed by atoms with Gasteiger partial charge in [-0.3, -0.25) is 4.79 Å². The molecule has 1 aromatic carbocycles. The molecular weight excluding hydrogens is 282 g/mol. The Hall–Kier alpha value is -1.88. The standard InChI is InChI=1S/C17H21NO4/c1-18-12-8-9-13(18)15(17(20)21-2)14(10-12)22-16(19)11-6-4-3-5-7-11/h3-7,12-15H,8-10H2,1-2H3/p+1/t12-,13+,14-,15+/m0/s1. The van der Waals surface area contributed by atoms with Gasteiger partial charge in [0.15, 0.2) is 0 Å². The largest absolute Gasteiger partial charge is 0.469 e. The molecule has 3 rings (SSSR count). The first-order valence-corrected chi connectivity index (χ1v) is 7.79. The minimum atomic E-state index is -0.388. The van der Waals surface area contributed by atoms with E-state index in [-0.39, 0.29) is 30.0 Å². The Kier molecular flexibility index (Phi) is 4.16. The fourth-order valence-corrected chi connectivity index (χ4v) is 3.94. The third kappa shape index (κ3) is 2.61. The van der Waals surface area contributed by atoms with Crippen molar-refractivity contribution in [3.8, 4) is 0 Å². The highest BCUT2D eigenvalue weighted by Crippen LogP contribution is 2.31. The molecule has 0 aliphatic carbocycles. The second kappa shape index (κ2) is 6.08. The number of nitrogens with one attached hydrogen (secondary N) is 1. The summed E-state index contributed by atoms with van der Waals surface area (Å²) in [5.41, 5.74) is 0.518. The number of hydrogen-bond donors (Lipinski definition) is 1. The molecule has 1 N–H and O–H groups in total. The Morgan fingerprint density at radius 1 is 1.18 bits per heavy atom. The van der Waals surface area contributed by atoms with Crippen LogP contribution in [0.3, 0.4) is 0 Å². The van der Waals surface area contributed by atoms with Crippen molar-refractivity contribution < 1.29 is 24.0 Å². The summed E-state index contributed by atoms with van der Waals surface area (Å²) >= 11 is 0. The maximum Gasteiger partial charge on any atom is 0.338 e. The Balaban J connectivity index is 1.79. The fourth-order valence-electron chi connectivity index (χ4n) is 3.94. The number of rotatable bonds is 3. The van der Waals surface area contributed by atoms with Crippen molar-refractivity contribution in [1.29, 1.82) is 0 Å². The first-order chi connectivity index (χ1) is 10.6. The van der Waals surface area contributed by atoms with E-state index in [2.05, 4.69) is 7.05 Å². The molecule has 5 heteroatoms. The number of methoxy groups -OCH3 is 1. The van der Waals surface area contributed by atoms with Crippen LogP contribution in [-0.2, 0) is 14.3 Å². The van der Waals surface area contributed by atoms with Gasteiger partial charge >= 0.3 is 11.9 Å². The van der Waals surface area contributed by atoms with Gasteiger partial charge in [-0.2, -0.15) is 0 Å². The molecule has 1 aromatic rings. The summed E-state index contributed by atoms with van der Waals surface area (Å²) in [5, 5.41) is 0. The van der Waals surface area contributed by atoms with Gasteiger partial charge in [-0.1, -0.05) is 18.2 Å². The molecule has 2 saturated heterocycles. The van der Waals surface area contributed by atoms with Gasteiger partial charge in [-0.15, -0.1) is 0 Å². The number of benzene rings is 1. The minimum Gasteiger partial charge on any atom is -0.469 e. The van der Waals surface area contributed by atoms with Crippen LogP contribution in [0.2, 0.25) is 0 Å². The predicted molar refractivity (Wildman–Crippen MR) is 79.5 cm³/mol. The van der Waals surface area contributed by atoms with Crippen LogP contribution in [-0.4, -0.2) is 44.3 Å². The van der Waals surface area contributed by atoms with E-state index in [0.29, 0.717) is 11.6 Å². The average Bonchev–Trinajstić information content (AvgIpc) is 2.78. The number of fused-ring (bicyclic) bond motifs is 2. The van der Waals surface area contributed by atoms with Crippen LogP contribution in [0, 0.1) is 5.92 Å². The number of ether oxygens (including phenoxy) is 2. The molecule has 0 radical (unpaired) electrons. The first-order valence-electron chi connectivity index (χ1n) is 7.79. The first kappa shape index (κ1) is 15.0. The van der Waals surface area contributed by atoms with Crippen molar-refractivity contribution in [3.05, 3.63) is 35.9 Å². The molecule has 2 heterocycles. The molecule has 2 aliphatic heterocycles. The van der Waals surface area contributed by atoms with Crippen molar-refractivity contribution >= 4 is 11.9 Å². The van der Waals surface area contributed by atoms with Gasteiger partial charge in [0.1, 0.15) is 18.1 Å². The van der Waals surface area contributed by atoms with E-state index in [1.807, 2.05) is 6.07 Å². The molecule has 118 valence electrons. The van der Waals surface area contributed by atoms with Crippen LogP contribution in [0.1, 0.15) is 29.6 Å². The van der Waals surface area contributed by atoms with Crippen molar-refractivity contribution in [2.45, 2.75) is 37.5 Å². The van der Waals surface area contributed by atoms with Crippen molar-refractivity contribution in [1.82, 2.24) is 0 Å². The maximum absolute atomic E-state index is 12.3. The van der Waals surface area contributed by atoms with Gasteiger partial charge < -0.3 is 14.4 Å². The lowest BCUT2D eigenvalue weighted by atomic mass is 9.87. The zero-order valence-corrected chi connectivity index (χ0v) is 13.0. The van der Waals surface area contributed by atoms with E-state index >= 15 is 0 Å². The average molecular weight is 304 g/mol. The van der Waals surface area contributed by atoms with Crippen LogP contribution < -0.4 is 4.90 Å². The number of hydrogen-bond acceptors (Lipinski definition) is 4. The van der Waals surface area contributed by atoms with E-state index in [1.165, 1.54) is 12.0 Å². The number of piperidine rings is 1. The summed E-state index contributed by atoms with van der Waals surface area (Å²) in [6.07, 6.45) is 2.39. The smallest absolute Gasteiger partial charge is 0.338 e. The maximum atomic E-state index is 12.3. The molecule has 2 bridgehead atoms. The molecule has 5 nitrogen and oxygen atoms in total. The summed E-state index contributed by atoms with van der Waals surface area (Å²) in [7, 11) is 3.52. The molecule has 0 aromatic heterocycles. The van der Waals surface area contributed by atoms with Gasteiger partial charge in [0.05, 0.1) is 25.8 Å². The topological polar surface area (TPSA) is 57.0 Å². The van der Waals surface area contributed by atoms with Crippen LogP contribution >= 0.6 is 0 Å². The molecular formula is C17H22NO4+. The highest BCUT2D eigenvalue weighted by Gasteiger charge is 2.54. The molecule has 5 atom stereocenters. The second-order valence-corrected chi connectivity index (χ2v) is 6.22. The Morgan fingerprint density at radius 3 is 2.59 bits per heavy atom. The van der Waals surface area contributed by atoms with E-state index in [1.54, 1.807) is 24.3 Å². The lowest BCUT2D eigenvalue weighted by Crippen LogP contribution is -3.16. The van der Waals surface area contributed by atoms with Crippen LogP contribution in [0.4, 0.5) is 0 Å². The molecule has 0 amide bonds. The lowest BCUT2D eigenvalue weighted by molar-refractivity contribution is -0.926. The molecule has 2 aliphatic rings. The number of quaternary nitrogens is 1. The Morgan fingerprint density at radius 2 is 1.91 bits per heavy atom. The Bertz CT molecular complexity index is 559. The molecule has 22 heavy (non-hydrogen) atoms. The monoisotopic (exact) mass is 304 g/mol. The second-order valence-electron chi connectivity index (χ2n) is 6.22.